The number of imidazole rings is 1. The van der Waals surface area contributed by atoms with Crippen molar-refractivity contribution in [2.75, 3.05) is 19.6 Å². The summed E-state index contributed by atoms with van der Waals surface area (Å²) in [4.78, 5) is 6.51. The van der Waals surface area contributed by atoms with E-state index in [2.05, 4.69) is 14.5 Å². The Hall–Kier alpha value is -0.870. The van der Waals surface area contributed by atoms with E-state index in [1.54, 1.807) is 0 Å². The van der Waals surface area contributed by atoms with E-state index in [0.717, 1.165) is 19.6 Å². The monoisotopic (exact) mass is 208 g/mol. The molecule has 1 aromatic rings. The summed E-state index contributed by atoms with van der Waals surface area (Å²) < 4.78 is 2.13. The van der Waals surface area contributed by atoms with Gasteiger partial charge in [0.2, 0.25) is 0 Å². The van der Waals surface area contributed by atoms with Crippen molar-refractivity contribution in [3.8, 4) is 0 Å². The summed E-state index contributed by atoms with van der Waals surface area (Å²) in [5.41, 5.74) is 5.93. The maximum Gasteiger partial charge on any atom is 0.0945 e. The third kappa shape index (κ3) is 3.32. The van der Waals surface area contributed by atoms with Gasteiger partial charge in [-0.15, -0.1) is 0 Å². The van der Waals surface area contributed by atoms with Crippen molar-refractivity contribution in [2.45, 2.75) is 31.8 Å². The molecule has 1 aliphatic rings. The summed E-state index contributed by atoms with van der Waals surface area (Å²) >= 11 is 0. The van der Waals surface area contributed by atoms with Crippen molar-refractivity contribution in [1.29, 1.82) is 0 Å². The Morgan fingerprint density at radius 2 is 2.33 bits per heavy atom. The first-order valence-corrected chi connectivity index (χ1v) is 5.78. The Kier molecular flexibility index (Phi) is 3.75. The number of piperidine rings is 1. The first-order chi connectivity index (χ1) is 7.34. The number of aryl methyl sites for hydroxylation is 1. The molecule has 0 unspecified atom stereocenters. The minimum atomic E-state index is 0.395. The van der Waals surface area contributed by atoms with Gasteiger partial charge in [-0.2, -0.15) is 0 Å². The lowest BCUT2D eigenvalue weighted by molar-refractivity contribution is 0.204. The third-order valence-corrected chi connectivity index (χ3v) is 2.99. The average Bonchev–Trinajstić information content (AvgIpc) is 2.71. The molecule has 0 bridgehead atoms. The van der Waals surface area contributed by atoms with Gasteiger partial charge >= 0.3 is 0 Å². The molecule has 84 valence electrons. The van der Waals surface area contributed by atoms with Crippen LogP contribution in [0.25, 0.3) is 0 Å². The first-order valence-electron chi connectivity index (χ1n) is 5.78. The minimum absolute atomic E-state index is 0.395. The summed E-state index contributed by atoms with van der Waals surface area (Å²) in [6.07, 6.45) is 9.36. The van der Waals surface area contributed by atoms with E-state index >= 15 is 0 Å². The molecular weight excluding hydrogens is 188 g/mol. The molecule has 0 aliphatic carbocycles. The second kappa shape index (κ2) is 5.28. The largest absolute Gasteiger partial charge is 0.337 e. The van der Waals surface area contributed by atoms with Crippen LogP contribution >= 0.6 is 0 Å². The number of aromatic nitrogens is 2. The first kappa shape index (κ1) is 10.6. The molecule has 1 aliphatic heterocycles. The van der Waals surface area contributed by atoms with Crippen molar-refractivity contribution in [3.63, 3.8) is 0 Å². The van der Waals surface area contributed by atoms with Crippen molar-refractivity contribution in [2.24, 2.45) is 5.73 Å². The van der Waals surface area contributed by atoms with Crippen molar-refractivity contribution in [3.05, 3.63) is 18.7 Å². The molecule has 2 rings (SSSR count). The predicted molar refractivity (Wildman–Crippen MR) is 60.5 cm³/mol. The highest BCUT2D eigenvalue weighted by molar-refractivity contribution is 4.76. The van der Waals surface area contributed by atoms with Crippen molar-refractivity contribution in [1.82, 2.24) is 14.5 Å². The normalized spacial score (nSPS) is 23.1. The Labute approximate surface area is 91.1 Å². The highest BCUT2D eigenvalue weighted by Gasteiger charge is 2.15. The van der Waals surface area contributed by atoms with Crippen LogP contribution in [-0.2, 0) is 6.54 Å². The number of rotatable bonds is 4. The van der Waals surface area contributed by atoms with Gasteiger partial charge in [-0.1, -0.05) is 0 Å². The van der Waals surface area contributed by atoms with E-state index in [9.17, 15) is 0 Å². The van der Waals surface area contributed by atoms with Crippen LogP contribution in [0.1, 0.15) is 19.3 Å². The second-order valence-electron chi connectivity index (χ2n) is 4.36. The van der Waals surface area contributed by atoms with Gasteiger partial charge in [-0.05, 0) is 32.4 Å². The van der Waals surface area contributed by atoms with Crippen LogP contribution in [0.5, 0.6) is 0 Å². The van der Waals surface area contributed by atoms with Crippen LogP contribution in [0.2, 0.25) is 0 Å². The molecule has 2 N–H and O–H groups in total. The molecule has 1 aromatic heterocycles. The lowest BCUT2D eigenvalue weighted by Crippen LogP contribution is -2.43. The van der Waals surface area contributed by atoms with Crippen molar-refractivity contribution >= 4 is 0 Å². The predicted octanol–water partition coefficient (Wildman–Crippen LogP) is 0.696. The molecule has 0 saturated carbocycles. The highest BCUT2D eigenvalue weighted by Crippen LogP contribution is 2.08. The Morgan fingerprint density at radius 3 is 3.07 bits per heavy atom. The molecule has 0 aromatic carbocycles. The number of hydrogen-bond donors (Lipinski definition) is 1. The van der Waals surface area contributed by atoms with E-state index in [0.29, 0.717) is 6.04 Å². The van der Waals surface area contributed by atoms with E-state index < -0.39 is 0 Å². The maximum absolute atomic E-state index is 5.93. The molecule has 0 spiro atoms. The van der Waals surface area contributed by atoms with Gasteiger partial charge in [0.1, 0.15) is 0 Å². The fourth-order valence-corrected chi connectivity index (χ4v) is 2.19. The molecule has 2 heterocycles. The Bertz CT molecular complexity index is 270. The summed E-state index contributed by atoms with van der Waals surface area (Å²) in [5, 5.41) is 0. The molecule has 4 heteroatoms. The fraction of sp³-hybridized carbons (Fsp3) is 0.727. The molecule has 0 amide bonds. The van der Waals surface area contributed by atoms with E-state index in [-0.39, 0.29) is 0 Å². The SMILES string of the molecule is N[C@@H]1CCCN(CCCn2ccnc2)C1. The summed E-state index contributed by atoms with van der Waals surface area (Å²) in [6, 6.07) is 0.395. The van der Waals surface area contributed by atoms with Crippen LogP contribution in [0, 0.1) is 0 Å². The van der Waals surface area contributed by atoms with E-state index in [1.165, 1.54) is 25.8 Å². The zero-order valence-electron chi connectivity index (χ0n) is 9.18. The Balaban J connectivity index is 1.65. The van der Waals surface area contributed by atoms with Crippen molar-refractivity contribution < 1.29 is 0 Å². The summed E-state index contributed by atoms with van der Waals surface area (Å²) in [5.74, 6) is 0. The quantitative estimate of drug-likeness (QED) is 0.792. The zero-order chi connectivity index (χ0) is 10.5. The van der Waals surface area contributed by atoms with Crippen LogP contribution in [0.3, 0.4) is 0 Å². The smallest absolute Gasteiger partial charge is 0.0945 e. The van der Waals surface area contributed by atoms with Gasteiger partial charge in [-0.3, -0.25) is 0 Å². The van der Waals surface area contributed by atoms with Gasteiger partial charge in [-0.25, -0.2) is 4.98 Å². The summed E-state index contributed by atoms with van der Waals surface area (Å²) in [6.45, 7) is 4.51. The minimum Gasteiger partial charge on any atom is -0.337 e. The molecular formula is C11H20N4. The topological polar surface area (TPSA) is 47.1 Å². The molecule has 1 atom stereocenters. The molecule has 1 fully saturated rings. The lowest BCUT2D eigenvalue weighted by atomic mass is 10.1. The standard InChI is InChI=1S/C11H20N4/c12-11-3-1-5-14(9-11)6-2-7-15-8-4-13-10-15/h4,8,10-11H,1-3,5-7,9,12H2/t11-/m1/s1. The van der Waals surface area contributed by atoms with Gasteiger partial charge in [0.25, 0.3) is 0 Å². The van der Waals surface area contributed by atoms with Crippen LogP contribution in [-0.4, -0.2) is 40.1 Å². The zero-order valence-corrected chi connectivity index (χ0v) is 9.18. The fourth-order valence-electron chi connectivity index (χ4n) is 2.19. The van der Waals surface area contributed by atoms with Crippen LogP contribution < -0.4 is 5.73 Å². The Morgan fingerprint density at radius 1 is 1.40 bits per heavy atom. The van der Waals surface area contributed by atoms with Crippen LogP contribution in [0.4, 0.5) is 0 Å². The van der Waals surface area contributed by atoms with Gasteiger partial charge < -0.3 is 15.2 Å². The molecule has 15 heavy (non-hydrogen) atoms. The van der Waals surface area contributed by atoms with Crippen LogP contribution in [0.15, 0.2) is 18.7 Å². The lowest BCUT2D eigenvalue weighted by Gasteiger charge is -2.30. The van der Waals surface area contributed by atoms with E-state index in [4.69, 9.17) is 5.73 Å². The third-order valence-electron chi connectivity index (χ3n) is 2.99. The van der Waals surface area contributed by atoms with Gasteiger partial charge in [0, 0.05) is 31.5 Å². The molecule has 1 saturated heterocycles. The average molecular weight is 208 g/mol. The second-order valence-corrected chi connectivity index (χ2v) is 4.36. The number of nitrogens with two attached hydrogens (primary N) is 1. The number of hydrogen-bond acceptors (Lipinski definition) is 3. The van der Waals surface area contributed by atoms with Gasteiger partial charge in [0.05, 0.1) is 6.33 Å². The maximum atomic E-state index is 5.93. The van der Waals surface area contributed by atoms with Gasteiger partial charge in [0.15, 0.2) is 0 Å². The summed E-state index contributed by atoms with van der Waals surface area (Å²) in [7, 11) is 0. The van der Waals surface area contributed by atoms with E-state index in [1.807, 2.05) is 18.7 Å². The highest BCUT2D eigenvalue weighted by atomic mass is 15.1. The molecule has 4 nitrogen and oxygen atoms in total. The number of nitrogens with zero attached hydrogens (tertiary/aromatic N) is 3. The number of likely N-dealkylation sites (tertiary alicyclic amines) is 1. The molecule has 0 radical (unpaired) electrons.